The molecular weight excluding hydrogens is 365 g/mol. The molecule has 8 nitrogen and oxygen atoms in total. The van der Waals surface area contributed by atoms with Crippen LogP contribution in [0.15, 0.2) is 53.0 Å². The second-order valence-corrected chi connectivity index (χ2v) is 5.71. The molecule has 0 atom stereocenters. The van der Waals surface area contributed by atoms with Gasteiger partial charge < -0.3 is 11.5 Å². The molecule has 4 N–H and O–H groups in total. The highest BCUT2D eigenvalue weighted by Gasteiger charge is 2.19. The van der Waals surface area contributed by atoms with Crippen molar-refractivity contribution in [2.45, 2.75) is 0 Å². The number of hydrogen-bond acceptors (Lipinski definition) is 7. The molecule has 0 aliphatic heterocycles. The van der Waals surface area contributed by atoms with Crippen molar-refractivity contribution in [1.29, 1.82) is 0 Å². The number of rotatable bonds is 3. The highest BCUT2D eigenvalue weighted by Crippen LogP contribution is 2.33. The van der Waals surface area contributed by atoms with Crippen molar-refractivity contribution < 1.29 is 4.79 Å². The van der Waals surface area contributed by atoms with E-state index in [1.165, 1.54) is 30.6 Å². The maximum absolute atomic E-state index is 12.4. The standard InChI is InChI=1S/C15H11Cl2N7O/c16-9-1-2-11(10(17)7-9)21-22-12-13(18)23-24(14(12)19)15(25)8-3-5-20-6-4-8/h1-7H,19H2,(H2,18,23). The van der Waals surface area contributed by atoms with Crippen LogP contribution in [0.1, 0.15) is 10.4 Å². The zero-order chi connectivity index (χ0) is 18.0. The van der Waals surface area contributed by atoms with Gasteiger partial charge in [0.1, 0.15) is 5.69 Å². The highest BCUT2D eigenvalue weighted by atomic mass is 35.5. The molecule has 126 valence electrons. The van der Waals surface area contributed by atoms with Crippen molar-refractivity contribution >= 4 is 52.1 Å². The quantitative estimate of drug-likeness (QED) is 0.672. The Morgan fingerprint density at radius 2 is 1.80 bits per heavy atom. The third kappa shape index (κ3) is 3.44. The van der Waals surface area contributed by atoms with Gasteiger partial charge in [0.15, 0.2) is 17.3 Å². The van der Waals surface area contributed by atoms with Crippen LogP contribution in [0.3, 0.4) is 0 Å². The third-order valence-electron chi connectivity index (χ3n) is 3.21. The summed E-state index contributed by atoms with van der Waals surface area (Å²) in [5.41, 5.74) is 12.6. The Morgan fingerprint density at radius 1 is 1.08 bits per heavy atom. The van der Waals surface area contributed by atoms with E-state index in [2.05, 4.69) is 20.3 Å². The first-order valence-electron chi connectivity index (χ1n) is 6.93. The van der Waals surface area contributed by atoms with Gasteiger partial charge in [0, 0.05) is 23.0 Å². The molecule has 0 spiro atoms. The van der Waals surface area contributed by atoms with E-state index >= 15 is 0 Å². The summed E-state index contributed by atoms with van der Waals surface area (Å²) in [7, 11) is 0. The van der Waals surface area contributed by atoms with Gasteiger partial charge in [0.05, 0.1) is 5.02 Å². The van der Waals surface area contributed by atoms with Gasteiger partial charge in [-0.3, -0.25) is 9.78 Å². The SMILES string of the molecule is Nc1nn(C(=O)c2ccncc2)c(N)c1N=Nc1ccc(Cl)cc1Cl. The van der Waals surface area contributed by atoms with Gasteiger partial charge in [-0.15, -0.1) is 15.3 Å². The van der Waals surface area contributed by atoms with Crippen LogP contribution in [0, 0.1) is 0 Å². The predicted octanol–water partition coefficient (Wildman–Crippen LogP) is 3.85. The molecular formula is C15H11Cl2N7O. The lowest BCUT2D eigenvalue weighted by molar-refractivity contribution is 0.0948. The lowest BCUT2D eigenvalue weighted by Gasteiger charge is -2.02. The van der Waals surface area contributed by atoms with E-state index in [-0.39, 0.29) is 17.3 Å². The monoisotopic (exact) mass is 375 g/mol. The van der Waals surface area contributed by atoms with Crippen LogP contribution in [-0.2, 0) is 0 Å². The minimum atomic E-state index is -0.461. The van der Waals surface area contributed by atoms with Crippen molar-refractivity contribution in [2.75, 3.05) is 11.5 Å². The average molecular weight is 376 g/mol. The van der Waals surface area contributed by atoms with Gasteiger partial charge in [-0.1, -0.05) is 23.2 Å². The number of azo groups is 1. The molecule has 0 saturated heterocycles. The van der Waals surface area contributed by atoms with Gasteiger partial charge in [-0.25, -0.2) is 0 Å². The molecule has 2 heterocycles. The van der Waals surface area contributed by atoms with Crippen molar-refractivity contribution in [1.82, 2.24) is 14.8 Å². The first kappa shape index (κ1) is 16.9. The number of nitrogens with two attached hydrogens (primary N) is 2. The third-order valence-corrected chi connectivity index (χ3v) is 3.75. The van der Waals surface area contributed by atoms with Gasteiger partial charge in [0.25, 0.3) is 5.91 Å². The van der Waals surface area contributed by atoms with Gasteiger partial charge in [-0.05, 0) is 30.3 Å². The van der Waals surface area contributed by atoms with Crippen LogP contribution in [0.5, 0.6) is 0 Å². The Balaban J connectivity index is 1.95. The van der Waals surface area contributed by atoms with Gasteiger partial charge in [-0.2, -0.15) is 4.68 Å². The molecule has 0 amide bonds. The van der Waals surface area contributed by atoms with Gasteiger partial charge >= 0.3 is 0 Å². The molecule has 2 aromatic heterocycles. The number of nitrogens with zero attached hydrogens (tertiary/aromatic N) is 5. The number of halogens is 2. The molecule has 1 aromatic carbocycles. The van der Waals surface area contributed by atoms with E-state index in [1.807, 2.05) is 0 Å². The van der Waals surface area contributed by atoms with Crippen molar-refractivity contribution in [3.63, 3.8) is 0 Å². The summed E-state index contributed by atoms with van der Waals surface area (Å²) in [5.74, 6) is -0.528. The van der Waals surface area contributed by atoms with Crippen LogP contribution >= 0.6 is 23.2 Å². The smallest absolute Gasteiger partial charge is 0.280 e. The van der Waals surface area contributed by atoms with E-state index in [4.69, 9.17) is 34.7 Å². The van der Waals surface area contributed by atoms with Crippen molar-refractivity contribution in [3.8, 4) is 0 Å². The maximum atomic E-state index is 12.4. The van der Waals surface area contributed by atoms with E-state index in [0.29, 0.717) is 21.3 Å². The number of anilines is 2. The fourth-order valence-corrected chi connectivity index (χ4v) is 2.43. The molecule has 0 aliphatic carbocycles. The number of aromatic nitrogens is 3. The fraction of sp³-hybridized carbons (Fsp3) is 0. The van der Waals surface area contributed by atoms with Crippen molar-refractivity contribution in [2.24, 2.45) is 10.2 Å². The van der Waals surface area contributed by atoms with E-state index < -0.39 is 5.91 Å². The molecule has 0 radical (unpaired) electrons. The highest BCUT2D eigenvalue weighted by molar-refractivity contribution is 6.36. The Labute approximate surface area is 152 Å². The predicted molar refractivity (Wildman–Crippen MR) is 95.7 cm³/mol. The zero-order valence-electron chi connectivity index (χ0n) is 12.6. The van der Waals surface area contributed by atoms with Crippen LogP contribution in [0.4, 0.5) is 23.0 Å². The first-order valence-corrected chi connectivity index (χ1v) is 7.68. The molecule has 3 aromatic rings. The summed E-state index contributed by atoms with van der Waals surface area (Å²) in [4.78, 5) is 16.3. The molecule has 0 bridgehead atoms. The molecule has 3 rings (SSSR count). The summed E-state index contributed by atoms with van der Waals surface area (Å²) in [5, 5.41) is 12.7. The van der Waals surface area contributed by atoms with E-state index in [0.717, 1.165) is 4.68 Å². The fourth-order valence-electron chi connectivity index (χ4n) is 1.98. The number of carbonyl (C=O) groups excluding carboxylic acids is 1. The maximum Gasteiger partial charge on any atom is 0.280 e. The zero-order valence-corrected chi connectivity index (χ0v) is 14.1. The molecule has 25 heavy (non-hydrogen) atoms. The number of benzene rings is 1. The molecule has 10 heteroatoms. The largest absolute Gasteiger partial charge is 0.382 e. The van der Waals surface area contributed by atoms with Crippen LogP contribution < -0.4 is 11.5 Å². The summed E-state index contributed by atoms with van der Waals surface area (Å²) in [6.07, 6.45) is 2.97. The van der Waals surface area contributed by atoms with Crippen LogP contribution in [0.25, 0.3) is 0 Å². The average Bonchev–Trinajstić information content (AvgIpc) is 2.89. The van der Waals surface area contributed by atoms with Gasteiger partial charge in [0.2, 0.25) is 0 Å². The lowest BCUT2D eigenvalue weighted by atomic mass is 10.2. The Morgan fingerprint density at radius 3 is 2.48 bits per heavy atom. The molecule has 0 fully saturated rings. The minimum Gasteiger partial charge on any atom is -0.382 e. The van der Waals surface area contributed by atoms with Crippen LogP contribution in [0.2, 0.25) is 10.0 Å². The van der Waals surface area contributed by atoms with Crippen molar-refractivity contribution in [3.05, 3.63) is 58.3 Å². The Kier molecular flexibility index (Phi) is 4.64. The number of hydrogen-bond donors (Lipinski definition) is 2. The first-order chi connectivity index (χ1) is 12.0. The normalized spacial score (nSPS) is 11.1. The summed E-state index contributed by atoms with van der Waals surface area (Å²) < 4.78 is 0.961. The Bertz CT molecular complexity index is 970. The summed E-state index contributed by atoms with van der Waals surface area (Å²) in [6.45, 7) is 0. The topological polar surface area (TPSA) is 125 Å². The molecule has 0 unspecified atom stereocenters. The summed E-state index contributed by atoms with van der Waals surface area (Å²) >= 11 is 11.9. The lowest BCUT2D eigenvalue weighted by Crippen LogP contribution is -2.16. The molecule has 0 aliphatic rings. The Hall–Kier alpha value is -2.97. The molecule has 0 saturated carbocycles. The van der Waals surface area contributed by atoms with E-state index in [9.17, 15) is 4.79 Å². The summed E-state index contributed by atoms with van der Waals surface area (Å²) in [6, 6.07) is 7.81. The second kappa shape index (κ2) is 6.88. The number of carbonyl (C=O) groups is 1. The van der Waals surface area contributed by atoms with E-state index in [1.54, 1.807) is 12.1 Å². The van der Waals surface area contributed by atoms with Crippen LogP contribution in [-0.4, -0.2) is 20.7 Å². The number of nitrogen functional groups attached to an aromatic ring is 2. The number of pyridine rings is 1. The minimum absolute atomic E-state index is 0.0336. The second-order valence-electron chi connectivity index (χ2n) is 4.87.